The van der Waals surface area contributed by atoms with Gasteiger partial charge in [-0.1, -0.05) is 55.1 Å². The van der Waals surface area contributed by atoms with E-state index in [9.17, 15) is 29.1 Å². The molecule has 9 rings (SSSR count). The molecule has 2 aromatic carbocycles. The van der Waals surface area contributed by atoms with Gasteiger partial charge in [-0.2, -0.15) is 0 Å². The molecular weight excluding hydrogens is 821 g/mol. The SMILES string of the molecule is C=C(OC1CC2(O)C3C4C5C(CC(C)=O)CC5CC5CC54C(=O)C(OC(C)=O)C(=C1C)C2(C)C3OC(=O)c1ccccc1)C(OC(=O)CN)C(NC(=O)OC(C)(C)C)c1ccccc1. The Bertz CT molecular complexity index is 2290. The van der Waals surface area contributed by atoms with E-state index in [1.807, 2.05) is 0 Å². The smallest absolute Gasteiger partial charge is 0.408 e. The van der Waals surface area contributed by atoms with Gasteiger partial charge in [-0.3, -0.25) is 14.4 Å². The van der Waals surface area contributed by atoms with Gasteiger partial charge in [0.25, 0.3) is 0 Å². The van der Waals surface area contributed by atoms with Gasteiger partial charge in [-0.05, 0) is 119 Å². The van der Waals surface area contributed by atoms with E-state index >= 15 is 4.79 Å². The van der Waals surface area contributed by atoms with E-state index in [1.54, 1.807) is 102 Å². The fraction of sp³-hybridized carbons (Fsp3) is 0.560. The lowest BCUT2D eigenvalue weighted by Crippen LogP contribution is -2.82. The molecule has 14 unspecified atom stereocenters. The van der Waals surface area contributed by atoms with Crippen molar-refractivity contribution < 1.29 is 57.6 Å². The van der Waals surface area contributed by atoms with E-state index in [2.05, 4.69) is 11.9 Å². The van der Waals surface area contributed by atoms with E-state index in [4.69, 9.17) is 29.4 Å². The van der Waals surface area contributed by atoms with E-state index in [0.29, 0.717) is 29.5 Å². The zero-order chi connectivity index (χ0) is 46.3. The topological polar surface area (TPSA) is 207 Å². The first-order valence-corrected chi connectivity index (χ1v) is 22.4. The lowest BCUT2D eigenvalue weighted by Gasteiger charge is -2.74. The van der Waals surface area contributed by atoms with Gasteiger partial charge in [-0.25, -0.2) is 9.59 Å². The molecule has 4 N–H and O–H groups in total. The standard InChI is InChI=1S/C50H60N2O12/c1-25(53)19-31-20-32-21-33-22-49(33)38(36(31)32)39-44(63-45(57)30-17-13-10-14-18-30)48(8)37(42(43(49)56)61-28(4)54)26(2)34(23-50(39,48)59)60-27(3)41(62-35(55)24-51)40(29-15-11-9-12-16-29)52-46(58)64-47(5,6)7/h9-18,31-34,36,38-42,44,59H,3,19-24,51H2,1-2,4-8H3,(H,52,58). The van der Waals surface area contributed by atoms with Crippen LogP contribution in [-0.4, -0.2) is 82.8 Å². The molecule has 1 spiro atoms. The molecule has 14 nitrogen and oxygen atoms in total. The van der Waals surface area contributed by atoms with Crippen molar-refractivity contribution in [1.82, 2.24) is 5.32 Å². The maximum atomic E-state index is 15.5. The molecule has 0 heterocycles. The fourth-order valence-corrected chi connectivity index (χ4v) is 12.8. The Balaban J connectivity index is 1.26. The Morgan fingerprint density at radius 3 is 2.20 bits per heavy atom. The van der Waals surface area contributed by atoms with Gasteiger partial charge >= 0.3 is 24.0 Å². The number of alkyl carbamates (subject to hydrolysis) is 1. The number of carbonyl (C=O) groups is 6. The number of rotatable bonds is 13. The first-order valence-electron chi connectivity index (χ1n) is 22.4. The Morgan fingerprint density at radius 2 is 1.59 bits per heavy atom. The van der Waals surface area contributed by atoms with Crippen LogP contribution in [0.5, 0.6) is 0 Å². The number of Topliss-reactive ketones (excluding diaryl/α,β-unsaturated/α-hetero) is 2. The van der Waals surface area contributed by atoms with Gasteiger partial charge in [0.05, 0.1) is 23.1 Å². The van der Waals surface area contributed by atoms with Crippen LogP contribution in [0.3, 0.4) is 0 Å². The van der Waals surface area contributed by atoms with Crippen molar-refractivity contribution >= 4 is 35.6 Å². The summed E-state index contributed by atoms with van der Waals surface area (Å²) in [4.78, 5) is 82.0. The van der Waals surface area contributed by atoms with Crippen molar-refractivity contribution in [1.29, 1.82) is 0 Å². The molecule has 0 saturated heterocycles. The van der Waals surface area contributed by atoms with Gasteiger partial charge in [0.1, 0.15) is 35.4 Å². The quantitative estimate of drug-likeness (QED) is 0.0901. The summed E-state index contributed by atoms with van der Waals surface area (Å²) in [6.45, 7) is 15.1. The summed E-state index contributed by atoms with van der Waals surface area (Å²) >= 11 is 0. The predicted octanol–water partition coefficient (Wildman–Crippen LogP) is 6.11. The Morgan fingerprint density at radius 1 is 0.938 bits per heavy atom. The molecule has 64 heavy (non-hydrogen) atoms. The Kier molecular flexibility index (Phi) is 11.5. The van der Waals surface area contributed by atoms with Crippen LogP contribution in [0.4, 0.5) is 4.79 Å². The molecule has 342 valence electrons. The second-order valence-electron chi connectivity index (χ2n) is 20.2. The average Bonchev–Trinajstić information content (AvgIpc) is 3.97. The lowest BCUT2D eigenvalue weighted by atomic mass is 9.33. The minimum absolute atomic E-state index is 0.0277. The Labute approximate surface area is 373 Å². The minimum atomic E-state index is -1.73. The number of aliphatic hydroxyl groups is 1. The van der Waals surface area contributed by atoms with Crippen LogP contribution in [0.25, 0.3) is 0 Å². The summed E-state index contributed by atoms with van der Waals surface area (Å²) in [6.07, 6.45) is -3.35. The van der Waals surface area contributed by atoms with Crippen molar-refractivity contribution in [3.05, 3.63) is 95.3 Å². The van der Waals surface area contributed by atoms with Crippen LogP contribution in [-0.2, 0) is 42.9 Å². The second kappa shape index (κ2) is 16.3. The summed E-state index contributed by atoms with van der Waals surface area (Å²) < 4.78 is 31.0. The van der Waals surface area contributed by atoms with Crippen molar-refractivity contribution in [2.75, 3.05) is 6.54 Å². The third kappa shape index (κ3) is 7.34. The van der Waals surface area contributed by atoms with Gasteiger partial charge in [0.15, 0.2) is 18.0 Å². The number of hydrogen-bond donors (Lipinski definition) is 3. The maximum absolute atomic E-state index is 15.5. The molecule has 2 aromatic rings. The molecule has 0 aliphatic heterocycles. The number of ketones is 2. The highest BCUT2D eigenvalue weighted by atomic mass is 16.6. The van der Waals surface area contributed by atoms with Gasteiger partial charge in [0.2, 0.25) is 0 Å². The summed E-state index contributed by atoms with van der Waals surface area (Å²) in [5.74, 6) is -3.84. The molecule has 7 aliphatic carbocycles. The lowest BCUT2D eigenvalue weighted by molar-refractivity contribution is -0.322. The normalized spacial score (nSPS) is 35.1. The highest BCUT2D eigenvalue weighted by molar-refractivity contribution is 5.98. The molecule has 1 amide bonds. The van der Waals surface area contributed by atoms with E-state index in [-0.39, 0.29) is 53.0 Å². The third-order valence-electron chi connectivity index (χ3n) is 15.3. The summed E-state index contributed by atoms with van der Waals surface area (Å²) in [5.41, 5.74) is 2.24. The van der Waals surface area contributed by atoms with Crippen LogP contribution in [0.2, 0.25) is 0 Å². The van der Waals surface area contributed by atoms with Crippen molar-refractivity contribution in [2.24, 2.45) is 52.1 Å². The maximum Gasteiger partial charge on any atom is 0.408 e. The summed E-state index contributed by atoms with van der Waals surface area (Å²) in [5, 5.41) is 16.6. The van der Waals surface area contributed by atoms with Crippen molar-refractivity contribution in [2.45, 2.75) is 122 Å². The largest absolute Gasteiger partial charge is 0.487 e. The van der Waals surface area contributed by atoms with Crippen LogP contribution in [0.1, 0.15) is 103 Å². The van der Waals surface area contributed by atoms with E-state index < -0.39 is 94.9 Å². The predicted molar refractivity (Wildman–Crippen MR) is 231 cm³/mol. The summed E-state index contributed by atoms with van der Waals surface area (Å²) in [7, 11) is 0. The number of benzene rings is 2. The zero-order valence-corrected chi connectivity index (χ0v) is 37.6. The van der Waals surface area contributed by atoms with Gasteiger partial charge in [0, 0.05) is 31.1 Å². The van der Waals surface area contributed by atoms with Gasteiger partial charge in [-0.15, -0.1) is 0 Å². The third-order valence-corrected chi connectivity index (χ3v) is 15.3. The van der Waals surface area contributed by atoms with Crippen LogP contribution in [0, 0.1) is 46.3 Å². The molecule has 0 aromatic heterocycles. The molecule has 7 aliphatic rings. The highest BCUT2D eigenvalue weighted by Crippen LogP contribution is 2.81. The molecule has 4 bridgehead atoms. The van der Waals surface area contributed by atoms with Gasteiger partial charge < -0.3 is 44.6 Å². The van der Waals surface area contributed by atoms with Crippen molar-refractivity contribution in [3.8, 4) is 0 Å². The van der Waals surface area contributed by atoms with Crippen LogP contribution >= 0.6 is 0 Å². The number of carbonyl (C=O) groups excluding carboxylic acids is 6. The minimum Gasteiger partial charge on any atom is -0.487 e. The zero-order valence-electron chi connectivity index (χ0n) is 37.6. The molecule has 0 radical (unpaired) electrons. The fourth-order valence-electron chi connectivity index (χ4n) is 12.8. The molecule has 6 fully saturated rings. The number of amides is 1. The molecule has 6 saturated carbocycles. The summed E-state index contributed by atoms with van der Waals surface area (Å²) in [6, 6.07) is 16.2. The molecule has 14 atom stereocenters. The van der Waals surface area contributed by atoms with E-state index in [1.165, 1.54) is 6.92 Å². The first kappa shape index (κ1) is 45.2. The number of esters is 3. The second-order valence-corrected chi connectivity index (χ2v) is 20.2. The highest BCUT2D eigenvalue weighted by Gasteiger charge is 2.86. The van der Waals surface area contributed by atoms with Crippen molar-refractivity contribution in [3.63, 3.8) is 0 Å². The molecule has 14 heteroatoms. The average molecular weight is 881 g/mol. The number of fused-ring (bicyclic) bond motifs is 2. The van der Waals surface area contributed by atoms with Crippen LogP contribution in [0.15, 0.2) is 84.1 Å². The number of nitrogens with one attached hydrogen (secondary N) is 1. The van der Waals surface area contributed by atoms with E-state index in [0.717, 1.165) is 12.8 Å². The first-order chi connectivity index (χ1) is 30.2. The number of ether oxygens (including phenoxy) is 5. The monoisotopic (exact) mass is 880 g/mol. The molecular formula is C50H60N2O12. The number of nitrogens with two attached hydrogens (primary N) is 1. The van der Waals surface area contributed by atoms with Crippen LogP contribution < -0.4 is 11.1 Å². The number of hydrogen-bond acceptors (Lipinski definition) is 13. The Hall–Kier alpha value is -5.34.